The van der Waals surface area contributed by atoms with Crippen LogP contribution in [0.5, 0.6) is 0 Å². The van der Waals surface area contributed by atoms with Gasteiger partial charge in [0, 0.05) is 12.7 Å². The average molecular weight is 241 g/mol. The second kappa shape index (κ2) is 5.65. The first kappa shape index (κ1) is 12.7. The second-order valence-corrected chi connectivity index (χ2v) is 4.07. The maximum atomic E-state index is 12.9. The highest BCUT2D eigenvalue weighted by molar-refractivity contribution is 7.99. The zero-order chi connectivity index (χ0) is 12.1. The van der Waals surface area contributed by atoms with Crippen molar-refractivity contribution < 1.29 is 14.0 Å². The van der Waals surface area contributed by atoms with Crippen molar-refractivity contribution in [3.8, 4) is 0 Å². The number of thioether (sulfide) groups is 1. The molecular weight excluding hydrogens is 229 g/mol. The van der Waals surface area contributed by atoms with Crippen LogP contribution in [0.1, 0.15) is 0 Å². The Morgan fingerprint density at radius 2 is 2.12 bits per heavy atom. The van der Waals surface area contributed by atoms with Gasteiger partial charge in [-0.25, -0.2) is 4.39 Å². The first-order chi connectivity index (χ1) is 7.56. The highest BCUT2D eigenvalue weighted by atomic mass is 32.2. The van der Waals surface area contributed by atoms with Crippen molar-refractivity contribution in [3.63, 3.8) is 0 Å². The summed E-state index contributed by atoms with van der Waals surface area (Å²) in [5, 5.41) is 0. The van der Waals surface area contributed by atoms with Crippen LogP contribution in [0.25, 0.3) is 0 Å². The van der Waals surface area contributed by atoms with Crippen molar-refractivity contribution in [2.75, 3.05) is 24.0 Å². The zero-order valence-electron chi connectivity index (χ0n) is 9.07. The summed E-state index contributed by atoms with van der Waals surface area (Å²) < 4.78 is 12.9. The number of likely N-dealkylation sites (N-methyl/N-ethyl adjacent to an activating group) is 1. The predicted octanol–water partition coefficient (Wildman–Crippen LogP) is 1.72. The maximum Gasteiger partial charge on any atom is 0.294 e. The molecule has 3 nitrogen and oxygen atoms in total. The van der Waals surface area contributed by atoms with E-state index in [1.165, 1.54) is 37.0 Å². The molecule has 86 valence electrons. The van der Waals surface area contributed by atoms with E-state index in [4.69, 9.17) is 0 Å². The molecule has 1 amide bonds. The number of hydrogen-bond donors (Lipinski definition) is 0. The molecule has 16 heavy (non-hydrogen) atoms. The molecule has 0 bridgehead atoms. The normalized spacial score (nSPS) is 9.94. The lowest BCUT2D eigenvalue weighted by atomic mass is 10.2. The number of benzene rings is 1. The Morgan fingerprint density at radius 1 is 1.44 bits per heavy atom. The molecule has 0 aliphatic rings. The molecule has 0 aliphatic carbocycles. The van der Waals surface area contributed by atoms with Crippen LogP contribution in [0.15, 0.2) is 24.3 Å². The highest BCUT2D eigenvalue weighted by Gasteiger charge is 2.19. The van der Waals surface area contributed by atoms with E-state index in [1.54, 1.807) is 12.3 Å². The molecule has 1 aromatic carbocycles. The fourth-order valence-electron chi connectivity index (χ4n) is 1.18. The Morgan fingerprint density at radius 3 is 2.69 bits per heavy atom. The number of carbonyl (C=O) groups excluding carboxylic acids is 2. The molecule has 5 heteroatoms. The second-order valence-electron chi connectivity index (χ2n) is 3.20. The van der Waals surface area contributed by atoms with Crippen LogP contribution in [-0.4, -0.2) is 30.7 Å². The summed E-state index contributed by atoms with van der Waals surface area (Å²) in [6, 6.07) is 5.57. The van der Waals surface area contributed by atoms with Gasteiger partial charge in [0.1, 0.15) is 5.82 Å². The summed E-state index contributed by atoms with van der Waals surface area (Å²) in [6.45, 7) is 0. The Bertz CT molecular complexity index is 409. The molecule has 0 fully saturated rings. The molecule has 0 spiro atoms. The first-order valence-corrected chi connectivity index (χ1v) is 6.01. The Hall–Kier alpha value is -1.36. The fraction of sp³-hybridized carbons (Fsp3) is 0.273. The predicted molar refractivity (Wildman–Crippen MR) is 63.2 cm³/mol. The lowest BCUT2D eigenvalue weighted by Crippen LogP contribution is -2.34. The zero-order valence-corrected chi connectivity index (χ0v) is 9.88. The van der Waals surface area contributed by atoms with Crippen molar-refractivity contribution in [1.29, 1.82) is 0 Å². The van der Waals surface area contributed by atoms with Gasteiger partial charge in [0.25, 0.3) is 5.91 Å². The van der Waals surface area contributed by atoms with Gasteiger partial charge in [-0.05, 0) is 24.5 Å². The number of anilines is 1. The maximum absolute atomic E-state index is 12.9. The van der Waals surface area contributed by atoms with Crippen LogP contribution in [0.2, 0.25) is 0 Å². The number of amides is 1. The number of rotatable bonds is 4. The Kier molecular flexibility index (Phi) is 4.49. The minimum Gasteiger partial charge on any atom is -0.309 e. The van der Waals surface area contributed by atoms with E-state index in [2.05, 4.69) is 0 Å². The minimum absolute atomic E-state index is 0.137. The van der Waals surface area contributed by atoms with Gasteiger partial charge in [-0.15, -0.1) is 0 Å². The van der Waals surface area contributed by atoms with Crippen LogP contribution in [0.4, 0.5) is 10.1 Å². The van der Waals surface area contributed by atoms with Crippen molar-refractivity contribution in [1.82, 2.24) is 0 Å². The smallest absolute Gasteiger partial charge is 0.294 e. The van der Waals surface area contributed by atoms with Crippen molar-refractivity contribution >= 4 is 29.1 Å². The summed E-state index contributed by atoms with van der Waals surface area (Å²) in [5.74, 6) is -1.41. The van der Waals surface area contributed by atoms with Crippen LogP contribution in [0, 0.1) is 5.82 Å². The summed E-state index contributed by atoms with van der Waals surface area (Å²) in [5.41, 5.74) is 0.374. The van der Waals surface area contributed by atoms with Crippen LogP contribution >= 0.6 is 11.8 Å². The lowest BCUT2D eigenvalue weighted by Gasteiger charge is -2.15. The van der Waals surface area contributed by atoms with Crippen molar-refractivity contribution in [2.24, 2.45) is 0 Å². The summed E-state index contributed by atoms with van der Waals surface area (Å²) >= 11 is 1.28. The molecule has 1 aromatic rings. The van der Waals surface area contributed by atoms with Gasteiger partial charge in [-0.3, -0.25) is 9.59 Å². The number of carbonyl (C=O) groups is 2. The Balaban J connectivity index is 2.82. The van der Waals surface area contributed by atoms with Crippen LogP contribution in [0.3, 0.4) is 0 Å². The summed E-state index contributed by atoms with van der Waals surface area (Å²) in [7, 11) is 1.45. The van der Waals surface area contributed by atoms with Crippen molar-refractivity contribution in [3.05, 3.63) is 30.1 Å². The van der Waals surface area contributed by atoms with Crippen LogP contribution < -0.4 is 4.90 Å². The van der Waals surface area contributed by atoms with Gasteiger partial charge in [-0.1, -0.05) is 6.07 Å². The SMILES string of the molecule is CSCC(=O)C(=O)N(C)c1cccc(F)c1. The molecule has 0 unspecified atom stereocenters. The minimum atomic E-state index is -0.625. The Labute approximate surface area is 97.6 Å². The molecule has 0 radical (unpaired) electrons. The molecule has 1 rings (SSSR count). The molecule has 0 saturated carbocycles. The van der Waals surface area contributed by atoms with Gasteiger partial charge in [0.2, 0.25) is 5.78 Å². The first-order valence-electron chi connectivity index (χ1n) is 4.61. The number of ketones is 1. The average Bonchev–Trinajstić information content (AvgIpc) is 2.27. The number of halogens is 1. The molecule has 0 saturated heterocycles. The fourth-order valence-corrected chi connectivity index (χ4v) is 1.57. The largest absolute Gasteiger partial charge is 0.309 e. The third kappa shape index (κ3) is 3.06. The molecular formula is C11H12FNO2S. The summed E-state index contributed by atoms with van der Waals surface area (Å²) in [6.07, 6.45) is 1.74. The number of hydrogen-bond acceptors (Lipinski definition) is 3. The topological polar surface area (TPSA) is 37.4 Å². The number of Topliss-reactive ketones (excluding diaryl/α,β-unsaturated/α-hetero) is 1. The van der Waals surface area contributed by atoms with E-state index in [1.807, 2.05) is 0 Å². The third-order valence-corrected chi connectivity index (χ3v) is 2.56. The molecule has 0 aromatic heterocycles. The molecule has 0 N–H and O–H groups in total. The van der Waals surface area contributed by atoms with Crippen LogP contribution in [-0.2, 0) is 9.59 Å². The number of nitrogens with zero attached hydrogens (tertiary/aromatic N) is 1. The van der Waals surface area contributed by atoms with E-state index in [0.717, 1.165) is 4.90 Å². The van der Waals surface area contributed by atoms with E-state index in [-0.39, 0.29) is 5.75 Å². The third-order valence-electron chi connectivity index (χ3n) is 2.01. The van der Waals surface area contributed by atoms with E-state index < -0.39 is 17.5 Å². The summed E-state index contributed by atoms with van der Waals surface area (Å²) in [4.78, 5) is 24.1. The van der Waals surface area contributed by atoms with Gasteiger partial charge >= 0.3 is 0 Å². The van der Waals surface area contributed by atoms with Gasteiger partial charge in [0.15, 0.2) is 0 Å². The van der Waals surface area contributed by atoms with Gasteiger partial charge in [0.05, 0.1) is 5.75 Å². The quantitative estimate of drug-likeness (QED) is 0.753. The van der Waals surface area contributed by atoms with Crippen molar-refractivity contribution in [2.45, 2.75) is 0 Å². The lowest BCUT2D eigenvalue weighted by molar-refractivity contribution is -0.134. The van der Waals surface area contributed by atoms with E-state index in [9.17, 15) is 14.0 Å². The molecule has 0 aliphatic heterocycles. The van der Waals surface area contributed by atoms with Gasteiger partial charge in [-0.2, -0.15) is 11.8 Å². The molecule has 0 heterocycles. The standard InChI is InChI=1S/C11H12FNO2S/c1-13(11(15)10(14)7-16-2)9-5-3-4-8(12)6-9/h3-6H,7H2,1-2H3. The monoisotopic (exact) mass is 241 g/mol. The van der Waals surface area contributed by atoms with E-state index in [0.29, 0.717) is 5.69 Å². The molecule has 0 atom stereocenters. The van der Waals surface area contributed by atoms with Gasteiger partial charge < -0.3 is 4.90 Å². The highest BCUT2D eigenvalue weighted by Crippen LogP contribution is 2.14. The van der Waals surface area contributed by atoms with E-state index >= 15 is 0 Å².